The topological polar surface area (TPSA) is 23.6 Å². The highest BCUT2D eigenvalue weighted by molar-refractivity contribution is 5.76. The molecule has 0 spiro atoms. The van der Waals surface area contributed by atoms with Crippen molar-refractivity contribution in [3.8, 4) is 0 Å². The summed E-state index contributed by atoms with van der Waals surface area (Å²) in [6, 6.07) is 10.7. The van der Waals surface area contributed by atoms with Crippen molar-refractivity contribution in [3.63, 3.8) is 0 Å². The largest absolute Gasteiger partial charge is 0.340 e. The average Bonchev–Trinajstić information content (AvgIpc) is 2.49. The first-order valence-electron chi connectivity index (χ1n) is 7.83. The molecule has 0 unspecified atom stereocenters. The minimum Gasteiger partial charge on any atom is -0.340 e. The summed E-state index contributed by atoms with van der Waals surface area (Å²) in [4.78, 5) is 16.3. The predicted molar refractivity (Wildman–Crippen MR) is 82.7 cm³/mol. The molecular weight excluding hydrogens is 248 g/mol. The summed E-state index contributed by atoms with van der Waals surface area (Å²) in [7, 11) is 0. The number of carbonyl (C=O) groups excluding carboxylic acids is 1. The van der Waals surface area contributed by atoms with Gasteiger partial charge in [0.2, 0.25) is 5.91 Å². The van der Waals surface area contributed by atoms with Crippen LogP contribution in [0.3, 0.4) is 0 Å². The summed E-state index contributed by atoms with van der Waals surface area (Å²) >= 11 is 0. The lowest BCUT2D eigenvalue weighted by Crippen LogP contribution is -2.48. The van der Waals surface area contributed by atoms with E-state index in [1.165, 1.54) is 12.0 Å². The molecular formula is C17H26N2O. The van der Waals surface area contributed by atoms with Gasteiger partial charge in [0.15, 0.2) is 0 Å². The molecule has 110 valence electrons. The van der Waals surface area contributed by atoms with Gasteiger partial charge >= 0.3 is 0 Å². The van der Waals surface area contributed by atoms with Crippen LogP contribution in [0, 0.1) is 0 Å². The van der Waals surface area contributed by atoms with Gasteiger partial charge in [0.25, 0.3) is 0 Å². The highest BCUT2D eigenvalue weighted by Gasteiger charge is 2.19. The van der Waals surface area contributed by atoms with Crippen LogP contribution >= 0.6 is 0 Å². The van der Waals surface area contributed by atoms with E-state index >= 15 is 0 Å². The van der Waals surface area contributed by atoms with E-state index in [9.17, 15) is 4.79 Å². The second-order valence-corrected chi connectivity index (χ2v) is 5.56. The lowest BCUT2D eigenvalue weighted by atomic mass is 10.1. The lowest BCUT2D eigenvalue weighted by molar-refractivity contribution is -0.132. The molecule has 0 atom stereocenters. The molecule has 0 N–H and O–H groups in total. The van der Waals surface area contributed by atoms with E-state index in [0.29, 0.717) is 12.3 Å². The molecule has 1 heterocycles. The van der Waals surface area contributed by atoms with Gasteiger partial charge in [-0.2, -0.15) is 0 Å². The molecule has 0 aliphatic carbocycles. The molecule has 1 amide bonds. The lowest BCUT2D eigenvalue weighted by Gasteiger charge is -2.34. The summed E-state index contributed by atoms with van der Waals surface area (Å²) in [5.74, 6) is 0.330. The van der Waals surface area contributed by atoms with Crippen molar-refractivity contribution in [3.05, 3.63) is 35.9 Å². The fourth-order valence-electron chi connectivity index (χ4n) is 2.74. The van der Waals surface area contributed by atoms with E-state index in [4.69, 9.17) is 0 Å². The Morgan fingerprint density at radius 3 is 2.45 bits per heavy atom. The van der Waals surface area contributed by atoms with Crippen molar-refractivity contribution < 1.29 is 4.79 Å². The maximum absolute atomic E-state index is 11.8. The summed E-state index contributed by atoms with van der Waals surface area (Å²) in [6.45, 7) is 7.09. The van der Waals surface area contributed by atoms with E-state index in [1.807, 2.05) is 4.90 Å². The average molecular weight is 274 g/mol. The molecule has 1 aliphatic heterocycles. The van der Waals surface area contributed by atoms with Crippen molar-refractivity contribution in [2.45, 2.75) is 32.6 Å². The Balaban J connectivity index is 1.63. The van der Waals surface area contributed by atoms with Crippen molar-refractivity contribution in [1.29, 1.82) is 0 Å². The van der Waals surface area contributed by atoms with Crippen LogP contribution < -0.4 is 0 Å². The van der Waals surface area contributed by atoms with Crippen LogP contribution in [0.15, 0.2) is 30.3 Å². The number of carbonyl (C=O) groups is 1. The third-order valence-corrected chi connectivity index (χ3v) is 3.97. The molecule has 1 aliphatic rings. The number of hydrogen-bond donors (Lipinski definition) is 0. The number of benzene rings is 1. The monoisotopic (exact) mass is 274 g/mol. The molecule has 3 heteroatoms. The molecule has 0 radical (unpaired) electrons. The zero-order valence-electron chi connectivity index (χ0n) is 12.6. The number of hydrogen-bond acceptors (Lipinski definition) is 2. The molecule has 1 saturated heterocycles. The van der Waals surface area contributed by atoms with Gasteiger partial charge in [-0.25, -0.2) is 0 Å². The Labute approximate surface area is 122 Å². The Bertz CT molecular complexity index is 397. The van der Waals surface area contributed by atoms with Crippen LogP contribution in [0.2, 0.25) is 0 Å². The van der Waals surface area contributed by atoms with E-state index in [2.05, 4.69) is 42.2 Å². The molecule has 0 bridgehead atoms. The molecule has 0 saturated carbocycles. The fraction of sp³-hybridized carbons (Fsp3) is 0.588. The number of rotatable bonds is 6. The number of piperazine rings is 1. The molecule has 1 fully saturated rings. The van der Waals surface area contributed by atoms with Crippen LogP contribution in [-0.4, -0.2) is 48.4 Å². The third kappa shape index (κ3) is 4.64. The Morgan fingerprint density at radius 1 is 1.10 bits per heavy atom. The van der Waals surface area contributed by atoms with Crippen LogP contribution in [-0.2, 0) is 11.2 Å². The predicted octanol–water partition coefficient (Wildman–Crippen LogP) is 2.56. The maximum Gasteiger partial charge on any atom is 0.222 e. The van der Waals surface area contributed by atoms with Gasteiger partial charge in [-0.15, -0.1) is 0 Å². The molecule has 2 rings (SSSR count). The molecule has 1 aromatic rings. The van der Waals surface area contributed by atoms with Crippen molar-refractivity contribution in [2.24, 2.45) is 0 Å². The maximum atomic E-state index is 11.8. The minimum atomic E-state index is 0.330. The standard InChI is InChI=1S/C17H26N2O/c1-2-7-17(20)19-14-12-18(13-15-19)11-6-10-16-8-4-3-5-9-16/h3-5,8-9H,2,6-7,10-15H2,1H3. The van der Waals surface area contributed by atoms with Crippen LogP contribution in [0.5, 0.6) is 0 Å². The number of amides is 1. The van der Waals surface area contributed by atoms with E-state index in [1.54, 1.807) is 0 Å². The molecule has 0 aromatic heterocycles. The van der Waals surface area contributed by atoms with Crippen molar-refractivity contribution in [1.82, 2.24) is 9.80 Å². The number of aryl methyl sites for hydroxylation is 1. The van der Waals surface area contributed by atoms with Crippen LogP contribution in [0.4, 0.5) is 0 Å². The second kappa shape index (κ2) is 8.05. The summed E-state index contributed by atoms with van der Waals surface area (Å²) < 4.78 is 0. The third-order valence-electron chi connectivity index (χ3n) is 3.97. The SMILES string of the molecule is CCCC(=O)N1CCN(CCCc2ccccc2)CC1. The highest BCUT2D eigenvalue weighted by Crippen LogP contribution is 2.08. The summed E-state index contributed by atoms with van der Waals surface area (Å²) in [6.07, 6.45) is 4.01. The Kier molecular flexibility index (Phi) is 6.06. The van der Waals surface area contributed by atoms with Gasteiger partial charge in [0, 0.05) is 32.6 Å². The second-order valence-electron chi connectivity index (χ2n) is 5.56. The highest BCUT2D eigenvalue weighted by atomic mass is 16.2. The van der Waals surface area contributed by atoms with Gasteiger partial charge in [0.05, 0.1) is 0 Å². The van der Waals surface area contributed by atoms with Gasteiger partial charge in [0.1, 0.15) is 0 Å². The zero-order chi connectivity index (χ0) is 14.2. The smallest absolute Gasteiger partial charge is 0.222 e. The van der Waals surface area contributed by atoms with Gasteiger partial charge in [-0.3, -0.25) is 9.69 Å². The fourth-order valence-corrected chi connectivity index (χ4v) is 2.74. The van der Waals surface area contributed by atoms with Gasteiger partial charge in [-0.1, -0.05) is 37.3 Å². The van der Waals surface area contributed by atoms with E-state index in [0.717, 1.165) is 45.6 Å². The minimum absolute atomic E-state index is 0.330. The van der Waals surface area contributed by atoms with Crippen LogP contribution in [0.25, 0.3) is 0 Å². The molecule has 20 heavy (non-hydrogen) atoms. The van der Waals surface area contributed by atoms with Gasteiger partial charge < -0.3 is 4.90 Å². The van der Waals surface area contributed by atoms with Gasteiger partial charge in [-0.05, 0) is 31.4 Å². The quantitative estimate of drug-likeness (QED) is 0.796. The first-order valence-corrected chi connectivity index (χ1v) is 7.83. The Morgan fingerprint density at radius 2 is 1.80 bits per heavy atom. The summed E-state index contributed by atoms with van der Waals surface area (Å²) in [5, 5.41) is 0. The first kappa shape index (κ1) is 15.0. The normalized spacial score (nSPS) is 16.4. The van der Waals surface area contributed by atoms with Crippen LogP contribution in [0.1, 0.15) is 31.7 Å². The first-order chi connectivity index (χ1) is 9.79. The Hall–Kier alpha value is -1.35. The summed E-state index contributed by atoms with van der Waals surface area (Å²) in [5.41, 5.74) is 1.42. The van der Waals surface area contributed by atoms with Crippen molar-refractivity contribution >= 4 is 5.91 Å². The van der Waals surface area contributed by atoms with E-state index in [-0.39, 0.29) is 0 Å². The number of nitrogens with zero attached hydrogens (tertiary/aromatic N) is 2. The van der Waals surface area contributed by atoms with E-state index < -0.39 is 0 Å². The molecule has 1 aromatic carbocycles. The molecule has 3 nitrogen and oxygen atoms in total. The van der Waals surface area contributed by atoms with Crippen molar-refractivity contribution in [2.75, 3.05) is 32.7 Å². The zero-order valence-corrected chi connectivity index (χ0v) is 12.6.